The Hall–Kier alpha value is -0.320. The number of nitrogens with one attached hydrogen (secondary N) is 1. The first kappa shape index (κ1) is 10.2. The van der Waals surface area contributed by atoms with Crippen LogP contribution in [-0.4, -0.2) is 28.2 Å². The Morgan fingerprint density at radius 2 is 2.50 bits per heavy atom. The molecule has 0 fully saturated rings. The molecule has 0 radical (unpaired) electrons. The van der Waals surface area contributed by atoms with Gasteiger partial charge in [0.15, 0.2) is 0 Å². The van der Waals surface area contributed by atoms with E-state index < -0.39 is 0 Å². The molecule has 14 heavy (non-hydrogen) atoms. The zero-order valence-corrected chi connectivity index (χ0v) is 10.1. The van der Waals surface area contributed by atoms with E-state index in [1.807, 2.05) is 11.7 Å². The zero-order valence-electron chi connectivity index (χ0n) is 7.80. The van der Waals surface area contributed by atoms with E-state index in [4.69, 9.17) is 11.6 Å². The molecule has 0 amide bonds. The first-order valence-electron chi connectivity index (χ1n) is 4.42. The smallest absolute Gasteiger partial charge is 0.0791 e. The normalized spacial score (nSPS) is 22.2. The zero-order chi connectivity index (χ0) is 10.1. The van der Waals surface area contributed by atoms with Gasteiger partial charge in [0.05, 0.1) is 21.7 Å². The van der Waals surface area contributed by atoms with Crippen molar-refractivity contribution >= 4 is 33.1 Å². The molecule has 76 valence electrons. The fourth-order valence-corrected chi connectivity index (χ4v) is 2.48. The van der Waals surface area contributed by atoms with E-state index in [0.717, 1.165) is 23.3 Å². The summed E-state index contributed by atoms with van der Waals surface area (Å²) < 4.78 is 2.87. The molecule has 0 aliphatic carbocycles. The van der Waals surface area contributed by atoms with E-state index >= 15 is 0 Å². The van der Waals surface area contributed by atoms with Crippen LogP contribution < -0.4 is 5.32 Å². The molecule has 3 nitrogen and oxygen atoms in total. The molecule has 1 aliphatic rings. The third-order valence-corrected chi connectivity index (χ3v) is 3.10. The Labute approximate surface area is 96.3 Å². The van der Waals surface area contributed by atoms with Crippen LogP contribution >= 0.6 is 27.5 Å². The van der Waals surface area contributed by atoms with E-state index in [9.17, 15) is 0 Å². The van der Waals surface area contributed by atoms with Gasteiger partial charge in [-0.1, -0.05) is 6.08 Å². The van der Waals surface area contributed by atoms with Crippen molar-refractivity contribution in [1.29, 1.82) is 0 Å². The molecule has 1 aromatic heterocycles. The van der Waals surface area contributed by atoms with Gasteiger partial charge in [-0.3, -0.25) is 4.68 Å². The van der Waals surface area contributed by atoms with Crippen LogP contribution in [0.4, 0.5) is 0 Å². The second kappa shape index (κ2) is 4.04. The summed E-state index contributed by atoms with van der Waals surface area (Å²) in [6.45, 7) is 1.68. The van der Waals surface area contributed by atoms with E-state index in [2.05, 4.69) is 32.4 Å². The van der Waals surface area contributed by atoms with Crippen LogP contribution in [-0.2, 0) is 7.05 Å². The van der Waals surface area contributed by atoms with Crippen molar-refractivity contribution < 1.29 is 0 Å². The van der Waals surface area contributed by atoms with Crippen molar-refractivity contribution in [3.63, 3.8) is 0 Å². The number of aromatic nitrogens is 2. The predicted octanol–water partition coefficient (Wildman–Crippen LogP) is 1.78. The molecule has 0 bridgehead atoms. The molecule has 2 heterocycles. The van der Waals surface area contributed by atoms with Crippen molar-refractivity contribution in [2.24, 2.45) is 7.05 Å². The van der Waals surface area contributed by atoms with Gasteiger partial charge in [0.25, 0.3) is 0 Å². The highest BCUT2D eigenvalue weighted by Crippen LogP contribution is 2.25. The molecule has 0 aromatic carbocycles. The number of hydrogen-bond donors (Lipinski definition) is 1. The van der Waals surface area contributed by atoms with Crippen molar-refractivity contribution in [2.45, 2.75) is 5.38 Å². The lowest BCUT2D eigenvalue weighted by Crippen LogP contribution is -2.29. The van der Waals surface area contributed by atoms with Crippen molar-refractivity contribution in [3.05, 3.63) is 22.4 Å². The summed E-state index contributed by atoms with van der Waals surface area (Å²) >= 11 is 9.53. The molecule has 1 unspecified atom stereocenters. The SMILES string of the molecule is Cn1ncc(Br)c1C1=CC(Cl)CNC1. The highest BCUT2D eigenvalue weighted by molar-refractivity contribution is 9.10. The number of aryl methyl sites for hydroxylation is 1. The number of hydrogen-bond acceptors (Lipinski definition) is 2. The highest BCUT2D eigenvalue weighted by atomic mass is 79.9. The Kier molecular flexibility index (Phi) is 2.95. The minimum absolute atomic E-state index is 0.0700. The topological polar surface area (TPSA) is 29.9 Å². The van der Waals surface area contributed by atoms with Gasteiger partial charge in [-0.15, -0.1) is 11.6 Å². The van der Waals surface area contributed by atoms with E-state index in [-0.39, 0.29) is 5.38 Å². The second-order valence-corrected chi connectivity index (χ2v) is 4.72. The molecule has 2 rings (SSSR count). The first-order valence-corrected chi connectivity index (χ1v) is 5.65. The lowest BCUT2D eigenvalue weighted by atomic mass is 10.1. The van der Waals surface area contributed by atoms with Gasteiger partial charge in [0.2, 0.25) is 0 Å². The Balaban J connectivity index is 2.39. The molecule has 0 spiro atoms. The lowest BCUT2D eigenvalue weighted by molar-refractivity contribution is 0.716. The third-order valence-electron chi connectivity index (χ3n) is 2.24. The maximum Gasteiger partial charge on any atom is 0.0791 e. The molecule has 5 heteroatoms. The van der Waals surface area contributed by atoms with Gasteiger partial charge in [-0.25, -0.2) is 0 Å². The molecular weight excluding hydrogens is 265 g/mol. The monoisotopic (exact) mass is 275 g/mol. The summed E-state index contributed by atoms with van der Waals surface area (Å²) in [5, 5.41) is 7.51. The molecule has 1 atom stereocenters. The molecule has 1 aromatic rings. The Morgan fingerprint density at radius 1 is 1.71 bits per heavy atom. The van der Waals surface area contributed by atoms with Gasteiger partial charge >= 0.3 is 0 Å². The number of alkyl halides is 1. The van der Waals surface area contributed by atoms with Gasteiger partial charge in [0, 0.05) is 20.1 Å². The average Bonchev–Trinajstić information content (AvgIpc) is 2.46. The van der Waals surface area contributed by atoms with Crippen LogP contribution in [0.15, 0.2) is 16.7 Å². The van der Waals surface area contributed by atoms with Crippen LogP contribution in [0.3, 0.4) is 0 Å². The summed E-state index contributed by atoms with van der Waals surface area (Å²) in [5.74, 6) is 0. The van der Waals surface area contributed by atoms with Gasteiger partial charge in [0.1, 0.15) is 0 Å². The maximum atomic E-state index is 6.05. The Bertz CT molecular complexity index is 353. The summed E-state index contributed by atoms with van der Waals surface area (Å²) in [6.07, 6.45) is 3.88. The fourth-order valence-electron chi connectivity index (χ4n) is 1.62. The van der Waals surface area contributed by atoms with Crippen LogP contribution in [0, 0.1) is 0 Å². The number of nitrogens with zero attached hydrogens (tertiary/aromatic N) is 2. The standard InChI is InChI=1S/C9H11BrClN3/c1-14-9(8(10)5-13-14)6-2-7(11)4-12-3-6/h2,5,7,12H,3-4H2,1H3. The third kappa shape index (κ3) is 1.87. The van der Waals surface area contributed by atoms with Crippen LogP contribution in [0.1, 0.15) is 5.69 Å². The summed E-state index contributed by atoms with van der Waals surface area (Å²) in [5.41, 5.74) is 2.30. The quantitative estimate of drug-likeness (QED) is 0.793. The van der Waals surface area contributed by atoms with E-state index in [1.165, 1.54) is 5.57 Å². The first-order chi connectivity index (χ1) is 6.68. The molecule has 1 aliphatic heterocycles. The number of rotatable bonds is 1. The minimum Gasteiger partial charge on any atom is -0.311 e. The fraction of sp³-hybridized carbons (Fsp3) is 0.444. The number of halogens is 2. The van der Waals surface area contributed by atoms with E-state index in [1.54, 1.807) is 6.20 Å². The maximum absolute atomic E-state index is 6.05. The van der Waals surface area contributed by atoms with Crippen LogP contribution in [0.2, 0.25) is 0 Å². The lowest BCUT2D eigenvalue weighted by Gasteiger charge is -2.18. The highest BCUT2D eigenvalue weighted by Gasteiger charge is 2.16. The Morgan fingerprint density at radius 3 is 3.07 bits per heavy atom. The van der Waals surface area contributed by atoms with Crippen LogP contribution in [0.5, 0.6) is 0 Å². The molecule has 0 saturated heterocycles. The van der Waals surface area contributed by atoms with Crippen molar-refractivity contribution in [3.8, 4) is 0 Å². The van der Waals surface area contributed by atoms with E-state index in [0.29, 0.717) is 0 Å². The molecule has 1 N–H and O–H groups in total. The molecule has 0 saturated carbocycles. The summed E-state index contributed by atoms with van der Waals surface area (Å²) in [6, 6.07) is 0. The van der Waals surface area contributed by atoms with Crippen molar-refractivity contribution in [1.82, 2.24) is 15.1 Å². The van der Waals surface area contributed by atoms with Gasteiger partial charge in [-0.2, -0.15) is 5.10 Å². The predicted molar refractivity (Wildman–Crippen MR) is 61.4 cm³/mol. The van der Waals surface area contributed by atoms with Crippen molar-refractivity contribution in [2.75, 3.05) is 13.1 Å². The summed E-state index contributed by atoms with van der Waals surface area (Å²) in [7, 11) is 1.93. The second-order valence-electron chi connectivity index (χ2n) is 3.30. The average molecular weight is 277 g/mol. The minimum atomic E-state index is 0.0700. The largest absolute Gasteiger partial charge is 0.311 e. The van der Waals surface area contributed by atoms with Crippen LogP contribution in [0.25, 0.3) is 5.57 Å². The van der Waals surface area contributed by atoms with Gasteiger partial charge in [-0.05, 0) is 21.5 Å². The molecular formula is C9H11BrClN3. The van der Waals surface area contributed by atoms with Gasteiger partial charge < -0.3 is 5.32 Å². The summed E-state index contributed by atoms with van der Waals surface area (Å²) in [4.78, 5) is 0.